The highest BCUT2D eigenvalue weighted by Crippen LogP contribution is 1.92. The molecule has 65 valence electrons. The number of sulfonamides is 1. The fourth-order valence-electron chi connectivity index (χ4n) is 0.562. The molecule has 5 heteroatoms. The Balaban J connectivity index is 3.92. The number of nitrogens with one attached hydrogen (secondary N) is 1. The first-order valence-corrected chi connectivity index (χ1v) is 4.93. The molecule has 1 amide bonds. The molecule has 0 spiro atoms. The fourth-order valence-corrected chi connectivity index (χ4v) is 1.69. The lowest BCUT2D eigenvalue weighted by Gasteiger charge is -2.01. The first-order valence-electron chi connectivity index (χ1n) is 3.28. The quantitative estimate of drug-likeness (QED) is 0.662. The fraction of sp³-hybridized carbons (Fsp3) is 0.667. The molecule has 0 heterocycles. The van der Waals surface area contributed by atoms with E-state index in [9.17, 15) is 13.2 Å². The van der Waals surface area contributed by atoms with Crippen LogP contribution in [0.1, 0.15) is 19.8 Å². The maximum Gasteiger partial charge on any atom is 0.234 e. The summed E-state index contributed by atoms with van der Waals surface area (Å²) >= 11 is 0. The van der Waals surface area contributed by atoms with Crippen LogP contribution in [0.3, 0.4) is 0 Å². The lowest BCUT2D eigenvalue weighted by molar-refractivity contribution is -0.117. The van der Waals surface area contributed by atoms with Crippen molar-refractivity contribution in [2.75, 3.05) is 5.75 Å². The van der Waals surface area contributed by atoms with Gasteiger partial charge in [0.1, 0.15) is 0 Å². The van der Waals surface area contributed by atoms with E-state index in [-0.39, 0.29) is 5.75 Å². The van der Waals surface area contributed by atoms with Gasteiger partial charge in [-0.3, -0.25) is 9.52 Å². The average Bonchev–Trinajstić information content (AvgIpc) is 1.81. The zero-order valence-electron chi connectivity index (χ0n) is 6.46. The van der Waals surface area contributed by atoms with Gasteiger partial charge in [-0.05, 0) is 6.42 Å². The minimum Gasteiger partial charge on any atom is -0.274 e. The topological polar surface area (TPSA) is 63.2 Å². The number of amides is 1. The Morgan fingerprint density at radius 3 is 2.45 bits per heavy atom. The number of unbranched alkanes of at least 4 members (excludes halogenated alkanes) is 1. The lowest BCUT2D eigenvalue weighted by Crippen LogP contribution is -2.30. The number of carbonyl (C=O) groups excluding carboxylic acids is 1. The second kappa shape index (κ2) is 4.33. The average molecular weight is 178 g/mol. The second-order valence-corrected chi connectivity index (χ2v) is 4.03. The lowest BCUT2D eigenvalue weighted by atomic mass is 10.4. The molecular weight excluding hydrogens is 166 g/mol. The molecule has 0 saturated heterocycles. The summed E-state index contributed by atoms with van der Waals surface area (Å²) in [5, 5.41) is 0. The van der Waals surface area contributed by atoms with Crippen molar-refractivity contribution in [3.05, 3.63) is 6.92 Å². The summed E-state index contributed by atoms with van der Waals surface area (Å²) in [5.41, 5.74) is 0. The predicted octanol–water partition coefficient (Wildman–Crippen LogP) is 0.0666. The molecular formula is C6H12NO3S. The molecule has 0 aromatic rings. The van der Waals surface area contributed by atoms with Gasteiger partial charge in [0.15, 0.2) is 0 Å². The summed E-state index contributed by atoms with van der Waals surface area (Å²) in [6.45, 7) is 4.66. The number of hydrogen-bond donors (Lipinski definition) is 1. The van der Waals surface area contributed by atoms with Crippen LogP contribution in [0.2, 0.25) is 0 Å². The molecule has 0 aromatic carbocycles. The van der Waals surface area contributed by atoms with Crippen LogP contribution in [-0.4, -0.2) is 20.1 Å². The highest BCUT2D eigenvalue weighted by molar-refractivity contribution is 7.90. The molecule has 1 radical (unpaired) electrons. The number of carbonyl (C=O) groups is 1. The highest BCUT2D eigenvalue weighted by atomic mass is 32.2. The Morgan fingerprint density at radius 2 is 2.09 bits per heavy atom. The first-order chi connectivity index (χ1) is 4.98. The van der Waals surface area contributed by atoms with Gasteiger partial charge < -0.3 is 0 Å². The molecule has 1 N–H and O–H groups in total. The predicted molar refractivity (Wildman–Crippen MR) is 42.2 cm³/mol. The van der Waals surface area contributed by atoms with Gasteiger partial charge >= 0.3 is 0 Å². The van der Waals surface area contributed by atoms with E-state index in [1.807, 2.05) is 4.72 Å². The molecule has 0 atom stereocenters. The molecule has 0 fully saturated rings. The smallest absolute Gasteiger partial charge is 0.234 e. The van der Waals surface area contributed by atoms with Crippen LogP contribution in [0, 0.1) is 6.92 Å². The van der Waals surface area contributed by atoms with Crippen LogP contribution in [0.5, 0.6) is 0 Å². The van der Waals surface area contributed by atoms with E-state index in [1.165, 1.54) is 6.92 Å². The van der Waals surface area contributed by atoms with Crippen molar-refractivity contribution < 1.29 is 13.2 Å². The van der Waals surface area contributed by atoms with Crippen molar-refractivity contribution >= 4 is 15.9 Å². The summed E-state index contributed by atoms with van der Waals surface area (Å²) in [6, 6.07) is 0. The number of rotatable bonds is 4. The molecule has 0 saturated carbocycles. The molecule has 0 bridgehead atoms. The van der Waals surface area contributed by atoms with E-state index in [1.54, 1.807) is 0 Å². The van der Waals surface area contributed by atoms with Gasteiger partial charge in [0.05, 0.1) is 5.75 Å². The Hall–Kier alpha value is -0.580. The first kappa shape index (κ1) is 10.4. The van der Waals surface area contributed by atoms with E-state index < -0.39 is 15.9 Å². The Morgan fingerprint density at radius 1 is 1.55 bits per heavy atom. The maximum absolute atomic E-state index is 10.8. The van der Waals surface area contributed by atoms with Gasteiger partial charge in [0.2, 0.25) is 15.9 Å². The van der Waals surface area contributed by atoms with Crippen LogP contribution in [-0.2, 0) is 14.8 Å². The SMILES string of the molecule is [CH2]CCCS(=O)(=O)NC(C)=O. The zero-order valence-corrected chi connectivity index (χ0v) is 7.28. The van der Waals surface area contributed by atoms with Crippen molar-refractivity contribution in [1.82, 2.24) is 4.72 Å². The minimum atomic E-state index is -3.38. The standard InChI is InChI=1S/C6H12NO3S/c1-3-4-5-11(9,10)7-6(2)8/h1,3-5H2,2H3,(H,7,8). The summed E-state index contributed by atoms with van der Waals surface area (Å²) < 4.78 is 23.5. The summed E-state index contributed by atoms with van der Waals surface area (Å²) in [5.74, 6) is -0.579. The summed E-state index contributed by atoms with van der Waals surface area (Å²) in [6.07, 6.45) is 1.03. The zero-order chi connectivity index (χ0) is 8.91. The van der Waals surface area contributed by atoms with Crippen molar-refractivity contribution in [1.29, 1.82) is 0 Å². The normalized spacial score (nSPS) is 11.1. The Labute approximate surface area is 67.0 Å². The third-order valence-electron chi connectivity index (χ3n) is 0.962. The molecule has 0 rings (SSSR count). The van der Waals surface area contributed by atoms with Gasteiger partial charge in [-0.1, -0.05) is 13.3 Å². The molecule has 11 heavy (non-hydrogen) atoms. The Kier molecular flexibility index (Phi) is 4.10. The molecule has 0 aliphatic rings. The van der Waals surface area contributed by atoms with E-state index in [0.29, 0.717) is 12.8 Å². The largest absolute Gasteiger partial charge is 0.274 e. The van der Waals surface area contributed by atoms with Crippen molar-refractivity contribution in [2.24, 2.45) is 0 Å². The van der Waals surface area contributed by atoms with Gasteiger partial charge in [0.25, 0.3) is 0 Å². The Bertz CT molecular complexity index is 220. The van der Waals surface area contributed by atoms with Crippen LogP contribution in [0.4, 0.5) is 0 Å². The van der Waals surface area contributed by atoms with Crippen LogP contribution in [0.25, 0.3) is 0 Å². The van der Waals surface area contributed by atoms with Gasteiger partial charge in [-0.25, -0.2) is 8.42 Å². The maximum atomic E-state index is 10.8. The second-order valence-electron chi connectivity index (χ2n) is 2.18. The van der Waals surface area contributed by atoms with Gasteiger partial charge in [0, 0.05) is 6.92 Å². The van der Waals surface area contributed by atoms with Crippen molar-refractivity contribution in [3.63, 3.8) is 0 Å². The van der Waals surface area contributed by atoms with Gasteiger partial charge in [-0.15, -0.1) is 0 Å². The van der Waals surface area contributed by atoms with E-state index in [0.717, 1.165) is 0 Å². The summed E-state index contributed by atoms with van der Waals surface area (Å²) in [4.78, 5) is 10.3. The van der Waals surface area contributed by atoms with Gasteiger partial charge in [-0.2, -0.15) is 0 Å². The highest BCUT2D eigenvalue weighted by Gasteiger charge is 2.09. The van der Waals surface area contributed by atoms with Crippen LogP contribution in [0.15, 0.2) is 0 Å². The minimum absolute atomic E-state index is 0.0317. The monoisotopic (exact) mass is 178 g/mol. The van der Waals surface area contributed by atoms with Crippen molar-refractivity contribution in [3.8, 4) is 0 Å². The van der Waals surface area contributed by atoms with E-state index >= 15 is 0 Å². The number of hydrogen-bond acceptors (Lipinski definition) is 3. The van der Waals surface area contributed by atoms with E-state index in [2.05, 4.69) is 6.92 Å². The molecule has 0 aliphatic heterocycles. The summed E-state index contributed by atoms with van der Waals surface area (Å²) in [7, 11) is -3.38. The van der Waals surface area contributed by atoms with Crippen LogP contribution < -0.4 is 4.72 Å². The molecule has 0 unspecified atom stereocenters. The third kappa shape index (κ3) is 5.84. The molecule has 0 aromatic heterocycles. The van der Waals surface area contributed by atoms with Crippen LogP contribution >= 0.6 is 0 Å². The third-order valence-corrected chi connectivity index (χ3v) is 2.39. The molecule has 4 nitrogen and oxygen atoms in total. The van der Waals surface area contributed by atoms with Crippen molar-refractivity contribution in [2.45, 2.75) is 19.8 Å². The van der Waals surface area contributed by atoms with E-state index in [4.69, 9.17) is 0 Å². The molecule has 0 aliphatic carbocycles.